The Morgan fingerprint density at radius 3 is 2.40 bits per heavy atom. The number of unbranched alkanes of at least 4 members (excludes halogenated alkanes) is 1. The van der Waals surface area contributed by atoms with Crippen LogP contribution in [0.3, 0.4) is 0 Å². The maximum atomic E-state index is 12.1. The average molecular weight is 412 g/mol. The number of carbonyl (C=O) groups is 3. The van der Waals surface area contributed by atoms with Crippen LogP contribution in [0.5, 0.6) is 5.75 Å². The van der Waals surface area contributed by atoms with Gasteiger partial charge >= 0.3 is 5.97 Å². The van der Waals surface area contributed by atoms with Crippen LogP contribution < -0.4 is 15.4 Å². The molecule has 160 valence electrons. The van der Waals surface area contributed by atoms with Crippen molar-refractivity contribution in [2.75, 3.05) is 19.8 Å². The van der Waals surface area contributed by atoms with Gasteiger partial charge in [0.05, 0.1) is 6.61 Å². The first-order valence-corrected chi connectivity index (χ1v) is 9.97. The van der Waals surface area contributed by atoms with Gasteiger partial charge in [0, 0.05) is 12.1 Å². The van der Waals surface area contributed by atoms with Crippen LogP contribution in [0, 0.1) is 6.92 Å². The fraction of sp³-hybridized carbons (Fsp3) is 0.348. The van der Waals surface area contributed by atoms with Crippen LogP contribution in [-0.4, -0.2) is 37.5 Å². The summed E-state index contributed by atoms with van der Waals surface area (Å²) < 4.78 is 10.4. The highest BCUT2D eigenvalue weighted by Crippen LogP contribution is 2.12. The van der Waals surface area contributed by atoms with E-state index in [1.165, 1.54) is 0 Å². The van der Waals surface area contributed by atoms with E-state index < -0.39 is 24.4 Å². The summed E-state index contributed by atoms with van der Waals surface area (Å²) in [4.78, 5) is 35.7. The first-order valence-electron chi connectivity index (χ1n) is 9.97. The maximum absolute atomic E-state index is 12.1. The van der Waals surface area contributed by atoms with Gasteiger partial charge < -0.3 is 20.1 Å². The number of hydrogen-bond acceptors (Lipinski definition) is 5. The molecule has 0 saturated heterocycles. The lowest BCUT2D eigenvalue weighted by atomic mass is 10.1. The lowest BCUT2D eigenvalue weighted by Crippen LogP contribution is -2.33. The summed E-state index contributed by atoms with van der Waals surface area (Å²) in [6.45, 7) is 4.31. The fourth-order valence-corrected chi connectivity index (χ4v) is 2.54. The van der Waals surface area contributed by atoms with Crippen molar-refractivity contribution in [3.8, 4) is 5.75 Å². The van der Waals surface area contributed by atoms with Crippen LogP contribution in [0.4, 0.5) is 0 Å². The molecule has 0 aliphatic rings. The van der Waals surface area contributed by atoms with Crippen LogP contribution in [-0.2, 0) is 20.9 Å². The largest absolute Gasteiger partial charge is 0.494 e. The first kappa shape index (κ1) is 22.9. The van der Waals surface area contributed by atoms with Crippen LogP contribution in [0.1, 0.15) is 41.3 Å². The Balaban J connectivity index is 1.66. The second-order valence-corrected chi connectivity index (χ2v) is 6.77. The molecule has 7 heteroatoms. The molecule has 2 rings (SSSR count). The fourth-order valence-electron chi connectivity index (χ4n) is 2.54. The molecule has 0 radical (unpaired) electrons. The Labute approximate surface area is 176 Å². The van der Waals surface area contributed by atoms with E-state index in [1.807, 2.05) is 31.2 Å². The SMILES string of the molecule is CCCCOc1ccc(C(=O)NCC(=O)OCC(=O)NCc2ccccc2C)cc1. The van der Waals surface area contributed by atoms with E-state index in [1.54, 1.807) is 24.3 Å². The minimum atomic E-state index is -0.686. The number of benzene rings is 2. The van der Waals surface area contributed by atoms with E-state index in [-0.39, 0.29) is 6.54 Å². The predicted octanol–water partition coefficient (Wildman–Crippen LogP) is 2.76. The molecule has 30 heavy (non-hydrogen) atoms. The zero-order valence-electron chi connectivity index (χ0n) is 17.4. The van der Waals surface area contributed by atoms with Gasteiger partial charge in [-0.1, -0.05) is 37.6 Å². The van der Waals surface area contributed by atoms with Crippen molar-refractivity contribution in [3.63, 3.8) is 0 Å². The molecule has 0 unspecified atom stereocenters. The molecule has 0 fully saturated rings. The van der Waals surface area contributed by atoms with E-state index in [0.29, 0.717) is 24.5 Å². The molecule has 0 saturated carbocycles. The van der Waals surface area contributed by atoms with Crippen molar-refractivity contribution in [1.82, 2.24) is 10.6 Å². The monoisotopic (exact) mass is 412 g/mol. The van der Waals surface area contributed by atoms with Crippen LogP contribution in [0.25, 0.3) is 0 Å². The van der Waals surface area contributed by atoms with E-state index in [0.717, 1.165) is 24.0 Å². The standard InChI is InChI=1S/C23H28N2O5/c1-3-4-13-29-20-11-9-18(10-12-20)23(28)25-15-22(27)30-16-21(26)24-14-19-8-6-5-7-17(19)2/h5-12H,3-4,13-16H2,1-2H3,(H,24,26)(H,25,28). The number of carbonyl (C=O) groups excluding carboxylic acids is 3. The lowest BCUT2D eigenvalue weighted by molar-refractivity contribution is -0.147. The Morgan fingerprint density at radius 1 is 0.967 bits per heavy atom. The van der Waals surface area contributed by atoms with Crippen molar-refractivity contribution in [3.05, 3.63) is 65.2 Å². The molecule has 0 bridgehead atoms. The molecule has 7 nitrogen and oxygen atoms in total. The number of hydrogen-bond donors (Lipinski definition) is 2. The smallest absolute Gasteiger partial charge is 0.325 e. The summed E-state index contributed by atoms with van der Waals surface area (Å²) in [7, 11) is 0. The minimum absolute atomic E-state index is 0.321. The van der Waals surface area contributed by atoms with Gasteiger partial charge in [0.1, 0.15) is 12.3 Å². The molecule has 2 amide bonds. The molecule has 0 atom stereocenters. The van der Waals surface area contributed by atoms with Crippen molar-refractivity contribution >= 4 is 17.8 Å². The van der Waals surface area contributed by atoms with Gasteiger partial charge in [-0.3, -0.25) is 14.4 Å². The van der Waals surface area contributed by atoms with Crippen molar-refractivity contribution in [1.29, 1.82) is 0 Å². The molecular weight excluding hydrogens is 384 g/mol. The molecule has 2 aromatic carbocycles. The van der Waals surface area contributed by atoms with Crippen LogP contribution >= 0.6 is 0 Å². The van der Waals surface area contributed by atoms with Crippen LogP contribution in [0.15, 0.2) is 48.5 Å². The van der Waals surface area contributed by atoms with Crippen LogP contribution in [0.2, 0.25) is 0 Å². The van der Waals surface area contributed by atoms with E-state index in [9.17, 15) is 14.4 Å². The highest BCUT2D eigenvalue weighted by molar-refractivity contribution is 5.96. The highest BCUT2D eigenvalue weighted by Gasteiger charge is 2.11. The summed E-state index contributed by atoms with van der Waals surface area (Å²) in [6.07, 6.45) is 2.01. The summed E-state index contributed by atoms with van der Waals surface area (Å²) >= 11 is 0. The Kier molecular flexibility index (Phi) is 9.37. The van der Waals surface area contributed by atoms with E-state index >= 15 is 0 Å². The molecule has 0 aliphatic carbocycles. The van der Waals surface area contributed by atoms with Gasteiger partial charge in [-0.25, -0.2) is 0 Å². The molecular formula is C23H28N2O5. The van der Waals surface area contributed by atoms with Gasteiger partial charge in [-0.2, -0.15) is 0 Å². The predicted molar refractivity (Wildman–Crippen MR) is 113 cm³/mol. The Bertz CT molecular complexity index is 849. The molecule has 2 aromatic rings. The molecule has 2 N–H and O–H groups in total. The van der Waals surface area contributed by atoms with E-state index in [2.05, 4.69) is 17.6 Å². The topological polar surface area (TPSA) is 93.7 Å². The number of ether oxygens (including phenoxy) is 2. The zero-order valence-corrected chi connectivity index (χ0v) is 17.4. The second-order valence-electron chi connectivity index (χ2n) is 6.77. The molecule has 0 spiro atoms. The Morgan fingerprint density at radius 2 is 1.70 bits per heavy atom. The van der Waals surface area contributed by atoms with Crippen molar-refractivity contribution in [2.45, 2.75) is 33.2 Å². The third-order valence-electron chi connectivity index (χ3n) is 4.38. The Hall–Kier alpha value is -3.35. The number of nitrogens with one attached hydrogen (secondary N) is 2. The number of amides is 2. The zero-order chi connectivity index (χ0) is 21.8. The van der Waals surface area contributed by atoms with Gasteiger partial charge in [0.25, 0.3) is 11.8 Å². The molecule has 0 aliphatic heterocycles. The summed E-state index contributed by atoms with van der Waals surface area (Å²) in [5.74, 6) is -0.808. The van der Waals surface area contributed by atoms with Gasteiger partial charge in [0.2, 0.25) is 0 Å². The number of rotatable bonds is 11. The summed E-state index contributed by atoms with van der Waals surface area (Å²) in [5, 5.41) is 5.17. The van der Waals surface area contributed by atoms with Gasteiger partial charge in [0.15, 0.2) is 6.61 Å². The average Bonchev–Trinajstić information content (AvgIpc) is 2.76. The molecule has 0 heterocycles. The first-order chi connectivity index (χ1) is 14.5. The van der Waals surface area contributed by atoms with Gasteiger partial charge in [-0.15, -0.1) is 0 Å². The van der Waals surface area contributed by atoms with E-state index in [4.69, 9.17) is 9.47 Å². The minimum Gasteiger partial charge on any atom is -0.494 e. The maximum Gasteiger partial charge on any atom is 0.325 e. The lowest BCUT2D eigenvalue weighted by Gasteiger charge is -2.09. The third kappa shape index (κ3) is 7.95. The molecule has 0 aromatic heterocycles. The number of aryl methyl sites for hydroxylation is 1. The quantitative estimate of drug-likeness (QED) is 0.437. The number of esters is 1. The van der Waals surface area contributed by atoms with Crippen molar-refractivity contribution < 1.29 is 23.9 Å². The summed E-state index contributed by atoms with van der Waals surface area (Å²) in [6, 6.07) is 14.4. The second kappa shape index (κ2) is 12.3. The normalized spacial score (nSPS) is 10.2. The van der Waals surface area contributed by atoms with Crippen molar-refractivity contribution in [2.24, 2.45) is 0 Å². The van der Waals surface area contributed by atoms with Gasteiger partial charge in [-0.05, 0) is 48.7 Å². The third-order valence-corrected chi connectivity index (χ3v) is 4.38. The highest BCUT2D eigenvalue weighted by atomic mass is 16.5. The summed E-state index contributed by atoms with van der Waals surface area (Å²) in [5.41, 5.74) is 2.46.